The predicted octanol–water partition coefficient (Wildman–Crippen LogP) is 2.01. The van der Waals surface area contributed by atoms with Gasteiger partial charge < -0.3 is 9.53 Å². The lowest BCUT2D eigenvalue weighted by molar-refractivity contribution is -0.105. The van der Waals surface area contributed by atoms with Crippen molar-refractivity contribution in [2.75, 3.05) is 12.4 Å². The summed E-state index contributed by atoms with van der Waals surface area (Å²) < 4.78 is 4.94. The molecule has 0 N–H and O–H groups in total. The third-order valence-corrected chi connectivity index (χ3v) is 0.940. The van der Waals surface area contributed by atoms with Crippen LogP contribution in [0.4, 0.5) is 0 Å². The third kappa shape index (κ3) is 24.3. The van der Waals surface area contributed by atoms with Crippen molar-refractivity contribution in [1.82, 2.24) is 0 Å². The van der Waals surface area contributed by atoms with Crippen LogP contribution in [0.5, 0.6) is 0 Å². The van der Waals surface area contributed by atoms with Crippen LogP contribution in [-0.2, 0) is 9.53 Å². The van der Waals surface area contributed by atoms with Crippen LogP contribution in [0, 0.1) is 0 Å². The molecule has 10 heavy (non-hydrogen) atoms. The van der Waals surface area contributed by atoms with E-state index in [-0.39, 0.29) is 5.60 Å². The van der Waals surface area contributed by atoms with Gasteiger partial charge in [-0.1, -0.05) is 15.9 Å². The second kappa shape index (κ2) is 7.22. The van der Waals surface area contributed by atoms with Gasteiger partial charge in [-0.2, -0.15) is 0 Å². The highest BCUT2D eigenvalue weighted by Crippen LogP contribution is 2.02. The van der Waals surface area contributed by atoms with Crippen molar-refractivity contribution in [3.8, 4) is 0 Å². The zero-order chi connectivity index (χ0) is 8.62. The standard InChI is InChI=1S/C5H12O.C2H3BrO/c1-5(2,3)6-4;3-1-2-4/h1-4H3;2H,1H2. The van der Waals surface area contributed by atoms with Gasteiger partial charge in [0.2, 0.25) is 0 Å². The van der Waals surface area contributed by atoms with Crippen LogP contribution < -0.4 is 0 Å². The summed E-state index contributed by atoms with van der Waals surface area (Å²) in [5.74, 6) is 0. The molecule has 0 aliphatic rings. The second-order valence-electron chi connectivity index (χ2n) is 2.64. The number of carbonyl (C=O) groups is 1. The Balaban J connectivity index is 0. The van der Waals surface area contributed by atoms with Gasteiger partial charge in [-0.05, 0) is 20.8 Å². The number of halogens is 1. The zero-order valence-electron chi connectivity index (χ0n) is 6.98. The largest absolute Gasteiger partial charge is 0.379 e. The monoisotopic (exact) mass is 210 g/mol. The lowest BCUT2D eigenvalue weighted by atomic mass is 10.2. The Bertz CT molecular complexity index is 76.2. The van der Waals surface area contributed by atoms with Crippen molar-refractivity contribution in [3.05, 3.63) is 0 Å². The van der Waals surface area contributed by atoms with Gasteiger partial charge in [-0.25, -0.2) is 0 Å². The predicted molar refractivity (Wildman–Crippen MR) is 46.6 cm³/mol. The molecule has 0 heterocycles. The first-order valence-electron chi connectivity index (χ1n) is 3.02. The molecule has 0 aliphatic heterocycles. The summed E-state index contributed by atoms with van der Waals surface area (Å²) in [6, 6.07) is 0. The van der Waals surface area contributed by atoms with Crippen molar-refractivity contribution in [1.29, 1.82) is 0 Å². The lowest BCUT2D eigenvalue weighted by Gasteiger charge is -2.14. The number of hydrogen-bond donors (Lipinski definition) is 0. The van der Waals surface area contributed by atoms with E-state index < -0.39 is 0 Å². The first kappa shape index (κ1) is 12.8. The number of carbonyl (C=O) groups excluding carboxylic acids is 1. The molecule has 0 radical (unpaired) electrons. The van der Waals surface area contributed by atoms with E-state index in [4.69, 9.17) is 9.53 Å². The fourth-order valence-electron chi connectivity index (χ4n) is 0. The van der Waals surface area contributed by atoms with E-state index in [0.29, 0.717) is 5.33 Å². The van der Waals surface area contributed by atoms with E-state index in [9.17, 15) is 0 Å². The maximum atomic E-state index is 9.13. The molecule has 0 atom stereocenters. The zero-order valence-corrected chi connectivity index (χ0v) is 8.56. The van der Waals surface area contributed by atoms with Crippen LogP contribution in [-0.4, -0.2) is 24.3 Å². The Kier molecular flexibility index (Phi) is 9.21. The van der Waals surface area contributed by atoms with Crippen molar-refractivity contribution < 1.29 is 9.53 Å². The summed E-state index contributed by atoms with van der Waals surface area (Å²) in [6.45, 7) is 6.06. The van der Waals surface area contributed by atoms with Crippen LogP contribution in [0.3, 0.4) is 0 Å². The summed E-state index contributed by atoms with van der Waals surface area (Å²) in [5, 5.41) is 0.451. The Hall–Kier alpha value is 0.110. The van der Waals surface area contributed by atoms with Crippen molar-refractivity contribution >= 4 is 22.2 Å². The molecule has 0 aliphatic carbocycles. The molecule has 0 rings (SSSR count). The van der Waals surface area contributed by atoms with E-state index in [1.807, 2.05) is 20.8 Å². The number of aldehydes is 1. The van der Waals surface area contributed by atoms with Crippen LogP contribution >= 0.6 is 15.9 Å². The van der Waals surface area contributed by atoms with Crippen LogP contribution in [0.2, 0.25) is 0 Å². The smallest absolute Gasteiger partial charge is 0.130 e. The summed E-state index contributed by atoms with van der Waals surface area (Å²) in [6.07, 6.45) is 0.792. The minimum absolute atomic E-state index is 0.0417. The topological polar surface area (TPSA) is 26.3 Å². The number of methoxy groups -OCH3 is 1. The Morgan fingerprint density at radius 1 is 1.50 bits per heavy atom. The molecule has 2 nitrogen and oxygen atoms in total. The van der Waals surface area contributed by atoms with E-state index in [1.54, 1.807) is 7.11 Å². The van der Waals surface area contributed by atoms with Gasteiger partial charge in [-0.15, -0.1) is 0 Å². The van der Waals surface area contributed by atoms with Gasteiger partial charge >= 0.3 is 0 Å². The van der Waals surface area contributed by atoms with Gasteiger partial charge in [0, 0.05) is 7.11 Å². The molecular weight excluding hydrogens is 196 g/mol. The SMILES string of the molecule is COC(C)(C)C.O=CCBr. The fourth-order valence-corrected chi connectivity index (χ4v) is 0. The Morgan fingerprint density at radius 3 is 1.70 bits per heavy atom. The molecule has 0 bridgehead atoms. The van der Waals surface area contributed by atoms with Gasteiger partial charge in [-0.3, -0.25) is 0 Å². The highest BCUT2D eigenvalue weighted by Gasteiger charge is 2.03. The normalized spacial score (nSPS) is 9.70. The number of rotatable bonds is 1. The van der Waals surface area contributed by atoms with Crippen LogP contribution in [0.25, 0.3) is 0 Å². The van der Waals surface area contributed by atoms with Gasteiger partial charge in [0.1, 0.15) is 6.29 Å². The molecule has 0 aromatic carbocycles. The minimum Gasteiger partial charge on any atom is -0.379 e. The van der Waals surface area contributed by atoms with Crippen LogP contribution in [0.15, 0.2) is 0 Å². The molecule has 0 spiro atoms. The molecule has 0 saturated carbocycles. The van der Waals surface area contributed by atoms with E-state index >= 15 is 0 Å². The third-order valence-electron chi connectivity index (χ3n) is 0.675. The molecule has 0 fully saturated rings. The Morgan fingerprint density at radius 2 is 1.70 bits per heavy atom. The van der Waals surface area contributed by atoms with E-state index in [1.165, 1.54) is 0 Å². The number of hydrogen-bond acceptors (Lipinski definition) is 2. The first-order chi connectivity index (χ1) is 4.47. The molecule has 0 amide bonds. The highest BCUT2D eigenvalue weighted by atomic mass is 79.9. The minimum atomic E-state index is 0.0417. The number of alkyl halides is 1. The quantitative estimate of drug-likeness (QED) is 0.489. The fraction of sp³-hybridized carbons (Fsp3) is 0.857. The second-order valence-corrected chi connectivity index (χ2v) is 3.28. The molecule has 0 unspecified atom stereocenters. The molecular formula is C7H15BrO2. The average Bonchev–Trinajstić information content (AvgIpc) is 1.87. The van der Waals surface area contributed by atoms with Crippen LogP contribution in [0.1, 0.15) is 20.8 Å². The van der Waals surface area contributed by atoms with Crippen molar-refractivity contribution in [2.45, 2.75) is 26.4 Å². The summed E-state index contributed by atoms with van der Waals surface area (Å²) >= 11 is 2.88. The Labute approximate surface area is 71.1 Å². The van der Waals surface area contributed by atoms with Gasteiger partial charge in [0.05, 0.1) is 10.9 Å². The van der Waals surface area contributed by atoms with Gasteiger partial charge in [0.15, 0.2) is 0 Å². The maximum Gasteiger partial charge on any atom is 0.130 e. The molecule has 62 valence electrons. The van der Waals surface area contributed by atoms with E-state index in [2.05, 4.69) is 15.9 Å². The lowest BCUT2D eigenvalue weighted by Crippen LogP contribution is -2.15. The molecule has 0 saturated heterocycles. The van der Waals surface area contributed by atoms with Crippen molar-refractivity contribution in [2.24, 2.45) is 0 Å². The van der Waals surface area contributed by atoms with Crippen molar-refractivity contribution in [3.63, 3.8) is 0 Å². The summed E-state index contributed by atoms with van der Waals surface area (Å²) in [5.41, 5.74) is 0.0417. The summed E-state index contributed by atoms with van der Waals surface area (Å²) in [7, 11) is 1.71. The highest BCUT2D eigenvalue weighted by molar-refractivity contribution is 9.09. The summed E-state index contributed by atoms with van der Waals surface area (Å²) in [4.78, 5) is 9.13. The number of ether oxygens (including phenoxy) is 1. The average molecular weight is 211 g/mol. The maximum absolute atomic E-state index is 9.13. The molecule has 0 aromatic rings. The van der Waals surface area contributed by atoms with Gasteiger partial charge in [0.25, 0.3) is 0 Å². The van der Waals surface area contributed by atoms with E-state index in [0.717, 1.165) is 6.29 Å². The molecule has 0 aromatic heterocycles. The first-order valence-corrected chi connectivity index (χ1v) is 4.15. The molecule has 3 heteroatoms.